The van der Waals surface area contributed by atoms with Gasteiger partial charge in [0.2, 0.25) is 0 Å². The highest BCUT2D eigenvalue weighted by Crippen LogP contribution is 2.29. The number of hydrogen-bond acceptors (Lipinski definition) is 5. The van der Waals surface area contributed by atoms with Gasteiger partial charge in [0.05, 0.1) is 6.04 Å². The first kappa shape index (κ1) is 21.5. The van der Waals surface area contributed by atoms with Gasteiger partial charge in [0, 0.05) is 43.6 Å². The summed E-state index contributed by atoms with van der Waals surface area (Å²) in [6, 6.07) is 10.7. The Morgan fingerprint density at radius 1 is 1.23 bits per heavy atom. The van der Waals surface area contributed by atoms with Gasteiger partial charge < -0.3 is 10.6 Å². The van der Waals surface area contributed by atoms with Gasteiger partial charge in [0.1, 0.15) is 0 Å². The minimum Gasteiger partial charge on any atom is -0.354 e. The molecule has 0 saturated carbocycles. The molecule has 7 nitrogen and oxygen atoms in total. The van der Waals surface area contributed by atoms with Crippen LogP contribution in [0.5, 0.6) is 0 Å². The molecule has 1 unspecified atom stereocenters. The smallest absolute Gasteiger partial charge is 0.191 e. The zero-order valence-electron chi connectivity index (χ0n) is 18.2. The van der Waals surface area contributed by atoms with Crippen LogP contribution in [0.3, 0.4) is 0 Å². The number of thiophene rings is 1. The van der Waals surface area contributed by atoms with Crippen LogP contribution in [0.4, 0.5) is 0 Å². The van der Waals surface area contributed by atoms with Crippen LogP contribution in [0, 0.1) is 5.92 Å². The Labute approximate surface area is 188 Å². The number of nitrogens with zero attached hydrogens (tertiary/aromatic N) is 5. The second kappa shape index (κ2) is 10.5. The van der Waals surface area contributed by atoms with E-state index < -0.39 is 0 Å². The van der Waals surface area contributed by atoms with Crippen molar-refractivity contribution in [2.75, 3.05) is 26.7 Å². The van der Waals surface area contributed by atoms with E-state index in [2.05, 4.69) is 55.0 Å². The highest BCUT2D eigenvalue weighted by atomic mass is 32.1. The highest BCUT2D eigenvalue weighted by molar-refractivity contribution is 7.10. The van der Waals surface area contributed by atoms with Crippen LogP contribution < -0.4 is 10.6 Å². The van der Waals surface area contributed by atoms with Crippen molar-refractivity contribution in [3.63, 3.8) is 0 Å². The molecule has 3 aromatic heterocycles. The van der Waals surface area contributed by atoms with Crippen LogP contribution in [0.15, 0.2) is 59.3 Å². The molecular formula is C23H31N7S. The minimum absolute atomic E-state index is 0.374. The number of likely N-dealkylation sites (tertiary alicyclic amines) is 1. The van der Waals surface area contributed by atoms with Crippen LogP contribution in [0.2, 0.25) is 0 Å². The Hall–Kier alpha value is -2.71. The van der Waals surface area contributed by atoms with Gasteiger partial charge >= 0.3 is 0 Å². The van der Waals surface area contributed by atoms with Gasteiger partial charge in [0.25, 0.3) is 0 Å². The summed E-state index contributed by atoms with van der Waals surface area (Å²) in [5.74, 6) is 2.45. The monoisotopic (exact) mass is 437 g/mol. The van der Waals surface area contributed by atoms with Crippen LogP contribution in [0.25, 0.3) is 5.82 Å². The molecule has 31 heavy (non-hydrogen) atoms. The minimum atomic E-state index is 0.374. The third kappa shape index (κ3) is 5.71. The van der Waals surface area contributed by atoms with E-state index in [0.29, 0.717) is 12.6 Å². The first-order valence-corrected chi connectivity index (χ1v) is 11.8. The van der Waals surface area contributed by atoms with Gasteiger partial charge in [-0.15, -0.1) is 11.3 Å². The summed E-state index contributed by atoms with van der Waals surface area (Å²) in [6.07, 6.45) is 8.01. The third-order valence-electron chi connectivity index (χ3n) is 5.83. The lowest BCUT2D eigenvalue weighted by atomic mass is 9.97. The second-order valence-corrected chi connectivity index (χ2v) is 9.01. The van der Waals surface area contributed by atoms with E-state index in [9.17, 15) is 0 Å². The van der Waals surface area contributed by atoms with Crippen LogP contribution in [-0.2, 0) is 6.54 Å². The van der Waals surface area contributed by atoms with E-state index in [1.165, 1.54) is 17.7 Å². The first-order valence-electron chi connectivity index (χ1n) is 10.9. The largest absolute Gasteiger partial charge is 0.354 e. The maximum absolute atomic E-state index is 4.43. The summed E-state index contributed by atoms with van der Waals surface area (Å²) in [5.41, 5.74) is 1.13. The molecular weight excluding hydrogens is 406 g/mol. The summed E-state index contributed by atoms with van der Waals surface area (Å²) in [4.78, 5) is 12.9. The van der Waals surface area contributed by atoms with Gasteiger partial charge in [-0.2, -0.15) is 5.10 Å². The normalized spacial score (nSPS) is 16.9. The van der Waals surface area contributed by atoms with Crippen molar-refractivity contribution in [3.8, 4) is 5.82 Å². The molecule has 3 aromatic rings. The van der Waals surface area contributed by atoms with E-state index >= 15 is 0 Å². The van der Waals surface area contributed by atoms with E-state index in [4.69, 9.17) is 0 Å². The maximum atomic E-state index is 4.43. The van der Waals surface area contributed by atoms with E-state index in [1.807, 2.05) is 49.0 Å². The molecule has 8 heteroatoms. The molecule has 4 rings (SSSR count). The van der Waals surface area contributed by atoms with Gasteiger partial charge in [-0.1, -0.05) is 13.0 Å². The number of aromatic nitrogens is 3. The van der Waals surface area contributed by atoms with Crippen molar-refractivity contribution >= 4 is 17.3 Å². The number of hydrogen-bond donors (Lipinski definition) is 2. The van der Waals surface area contributed by atoms with Gasteiger partial charge in [-0.3, -0.25) is 9.89 Å². The molecule has 0 amide bonds. The van der Waals surface area contributed by atoms with Crippen molar-refractivity contribution in [2.24, 2.45) is 10.9 Å². The molecule has 1 saturated heterocycles. The standard InChI is InChI=1S/C23H31N7S/c1-18-7-12-29(13-8-18)20(21-5-3-14-31-21)17-27-23(24-2)26-16-19-6-10-25-22(15-19)30-11-4-9-28-30/h3-6,9-11,14-15,18,20H,7-8,12-13,16-17H2,1-2H3,(H2,24,26,27). The average molecular weight is 438 g/mol. The van der Waals surface area contributed by atoms with Crippen molar-refractivity contribution in [2.45, 2.75) is 32.4 Å². The number of piperidine rings is 1. The van der Waals surface area contributed by atoms with Crippen LogP contribution >= 0.6 is 11.3 Å². The Morgan fingerprint density at radius 2 is 2.10 bits per heavy atom. The highest BCUT2D eigenvalue weighted by Gasteiger charge is 2.25. The number of rotatable bonds is 7. The number of nitrogens with one attached hydrogen (secondary N) is 2. The Balaban J connectivity index is 1.35. The number of aliphatic imine (C=N–C) groups is 1. The Kier molecular flexibility index (Phi) is 7.32. The first-order chi connectivity index (χ1) is 15.2. The lowest BCUT2D eigenvalue weighted by Crippen LogP contribution is -2.44. The van der Waals surface area contributed by atoms with Crippen molar-refractivity contribution in [1.29, 1.82) is 0 Å². The topological polar surface area (TPSA) is 70.4 Å². The number of guanidine groups is 1. The lowest BCUT2D eigenvalue weighted by Gasteiger charge is -2.36. The Morgan fingerprint density at radius 3 is 2.81 bits per heavy atom. The summed E-state index contributed by atoms with van der Waals surface area (Å²) in [5, 5.41) is 13.4. The molecule has 0 bridgehead atoms. The molecule has 1 fully saturated rings. The molecule has 4 heterocycles. The fraction of sp³-hybridized carbons (Fsp3) is 0.435. The van der Waals surface area contributed by atoms with Crippen LogP contribution in [-0.4, -0.2) is 52.3 Å². The molecule has 0 aromatic carbocycles. The molecule has 0 aliphatic carbocycles. The fourth-order valence-corrected chi connectivity index (χ4v) is 4.79. The number of pyridine rings is 1. The van der Waals surface area contributed by atoms with E-state index in [0.717, 1.165) is 42.9 Å². The SMILES string of the molecule is CN=C(NCc1ccnc(-n2cccn2)c1)NCC(c1cccs1)N1CCC(C)CC1. The van der Waals surface area contributed by atoms with E-state index in [1.54, 1.807) is 10.9 Å². The molecule has 1 atom stereocenters. The molecule has 0 radical (unpaired) electrons. The average Bonchev–Trinajstić information content (AvgIpc) is 3.52. The van der Waals surface area contributed by atoms with Gasteiger partial charge in [0.15, 0.2) is 11.8 Å². The Bertz CT molecular complexity index is 944. The van der Waals surface area contributed by atoms with Gasteiger partial charge in [-0.05, 0) is 67.1 Å². The quantitative estimate of drug-likeness (QED) is 0.438. The van der Waals surface area contributed by atoms with Crippen molar-refractivity contribution < 1.29 is 0 Å². The second-order valence-electron chi connectivity index (χ2n) is 8.03. The van der Waals surface area contributed by atoms with Crippen molar-refractivity contribution in [3.05, 3.63) is 64.7 Å². The maximum Gasteiger partial charge on any atom is 0.191 e. The molecule has 1 aliphatic heterocycles. The summed E-state index contributed by atoms with van der Waals surface area (Å²) < 4.78 is 1.77. The summed E-state index contributed by atoms with van der Waals surface area (Å²) in [7, 11) is 1.82. The molecule has 164 valence electrons. The predicted octanol–water partition coefficient (Wildman–Crippen LogP) is 3.47. The third-order valence-corrected chi connectivity index (χ3v) is 6.80. The summed E-state index contributed by atoms with van der Waals surface area (Å²) >= 11 is 1.84. The zero-order valence-corrected chi connectivity index (χ0v) is 19.1. The fourth-order valence-electron chi connectivity index (χ4n) is 3.93. The van der Waals surface area contributed by atoms with Gasteiger partial charge in [-0.25, -0.2) is 9.67 Å². The molecule has 1 aliphatic rings. The van der Waals surface area contributed by atoms with E-state index in [-0.39, 0.29) is 0 Å². The zero-order chi connectivity index (χ0) is 21.5. The molecule has 0 spiro atoms. The molecule has 2 N–H and O–H groups in total. The lowest BCUT2D eigenvalue weighted by molar-refractivity contribution is 0.140. The predicted molar refractivity (Wildman–Crippen MR) is 127 cm³/mol. The van der Waals surface area contributed by atoms with Crippen molar-refractivity contribution in [1.82, 2.24) is 30.3 Å². The summed E-state index contributed by atoms with van der Waals surface area (Å²) in [6.45, 7) is 6.18. The van der Waals surface area contributed by atoms with Crippen LogP contribution in [0.1, 0.15) is 36.2 Å².